The minimum absolute atomic E-state index is 0. The number of nitrogens with zero attached hydrogens (tertiary/aromatic N) is 3. The number of hydrogen-bond acceptors (Lipinski definition) is 6. The monoisotopic (exact) mass is 476 g/mol. The van der Waals surface area contributed by atoms with Crippen LogP contribution in [0.15, 0.2) is 42.7 Å². The molecule has 3 aromatic rings. The summed E-state index contributed by atoms with van der Waals surface area (Å²) in [5.74, 6) is 1.17. The number of aromatic nitrogens is 3. The van der Waals surface area contributed by atoms with E-state index in [0.29, 0.717) is 11.1 Å². The Morgan fingerprint density at radius 1 is 1.03 bits per heavy atom. The summed E-state index contributed by atoms with van der Waals surface area (Å²) >= 11 is 5.81. The van der Waals surface area contributed by atoms with Crippen molar-refractivity contribution in [1.29, 1.82) is 0 Å². The first kappa shape index (κ1) is 24.6. The van der Waals surface area contributed by atoms with Gasteiger partial charge in [-0.1, -0.05) is 29.8 Å². The van der Waals surface area contributed by atoms with Crippen molar-refractivity contribution in [1.82, 2.24) is 20.3 Å². The second-order valence-electron chi connectivity index (χ2n) is 7.98. The van der Waals surface area contributed by atoms with E-state index in [1.165, 1.54) is 10.9 Å². The molecule has 1 aromatic carbocycles. The Morgan fingerprint density at radius 3 is 2.53 bits per heavy atom. The van der Waals surface area contributed by atoms with Crippen molar-refractivity contribution in [2.45, 2.75) is 44.6 Å². The first-order valence-electron chi connectivity index (χ1n) is 11.0. The van der Waals surface area contributed by atoms with Gasteiger partial charge in [-0.25, -0.2) is 9.97 Å². The summed E-state index contributed by atoms with van der Waals surface area (Å²) in [5.41, 5.74) is 3.15. The molecule has 1 N–H and O–H groups in total. The lowest BCUT2D eigenvalue weighted by atomic mass is 9.96. The van der Waals surface area contributed by atoms with Crippen LogP contribution in [0.25, 0.3) is 10.9 Å². The lowest BCUT2D eigenvalue weighted by Crippen LogP contribution is -2.34. The summed E-state index contributed by atoms with van der Waals surface area (Å²) < 4.78 is 11.5. The number of halogens is 2. The van der Waals surface area contributed by atoms with Crippen molar-refractivity contribution in [3.05, 3.63) is 59.1 Å². The van der Waals surface area contributed by atoms with Gasteiger partial charge in [0.05, 0.1) is 5.52 Å². The SMILES string of the molecule is Cc1cc(Cl)nc2ccccc12.Cl.c1cnc(C2CCOCC2)c(OC2CCNCC2)n1. The maximum atomic E-state index is 6.09. The summed E-state index contributed by atoms with van der Waals surface area (Å²) in [6.45, 7) is 5.72. The number of pyridine rings is 1. The van der Waals surface area contributed by atoms with Crippen molar-refractivity contribution in [3.8, 4) is 5.88 Å². The third kappa shape index (κ3) is 6.51. The van der Waals surface area contributed by atoms with E-state index in [9.17, 15) is 0 Å². The average Bonchev–Trinajstić information content (AvgIpc) is 2.81. The molecule has 2 fully saturated rings. The molecular formula is C24H30Cl2N4O2. The maximum Gasteiger partial charge on any atom is 0.236 e. The number of hydrogen-bond donors (Lipinski definition) is 1. The molecule has 4 heterocycles. The van der Waals surface area contributed by atoms with Gasteiger partial charge < -0.3 is 14.8 Å². The number of piperidine rings is 1. The Bertz CT molecular complexity index is 993. The van der Waals surface area contributed by atoms with Gasteiger partial charge in [0.2, 0.25) is 5.88 Å². The molecule has 6 nitrogen and oxygen atoms in total. The van der Waals surface area contributed by atoms with Crippen LogP contribution in [0.2, 0.25) is 5.15 Å². The molecule has 0 atom stereocenters. The van der Waals surface area contributed by atoms with E-state index < -0.39 is 0 Å². The van der Waals surface area contributed by atoms with Crippen molar-refractivity contribution >= 4 is 34.9 Å². The maximum absolute atomic E-state index is 6.09. The normalized spacial score (nSPS) is 17.2. The second kappa shape index (κ2) is 12.3. The van der Waals surface area contributed by atoms with Crippen LogP contribution >= 0.6 is 24.0 Å². The molecule has 0 spiro atoms. The number of rotatable bonds is 3. The van der Waals surface area contributed by atoms with E-state index in [0.717, 1.165) is 69.1 Å². The highest BCUT2D eigenvalue weighted by Crippen LogP contribution is 2.31. The largest absolute Gasteiger partial charge is 0.473 e. The minimum Gasteiger partial charge on any atom is -0.473 e. The Hall–Kier alpha value is -1.99. The number of aryl methyl sites for hydroxylation is 1. The first-order valence-corrected chi connectivity index (χ1v) is 11.4. The lowest BCUT2D eigenvalue weighted by molar-refractivity contribution is 0.0821. The zero-order chi connectivity index (χ0) is 21.5. The van der Waals surface area contributed by atoms with Crippen LogP contribution in [0.5, 0.6) is 5.88 Å². The smallest absolute Gasteiger partial charge is 0.236 e. The molecule has 5 rings (SSSR count). The van der Waals surface area contributed by atoms with Crippen LogP contribution in [0.4, 0.5) is 0 Å². The van der Waals surface area contributed by atoms with Gasteiger partial charge in [-0.05, 0) is 63.4 Å². The van der Waals surface area contributed by atoms with E-state index in [1.807, 2.05) is 37.3 Å². The molecule has 0 unspecified atom stereocenters. The Labute approximate surface area is 200 Å². The topological polar surface area (TPSA) is 69.2 Å². The Kier molecular flexibility index (Phi) is 9.48. The summed E-state index contributed by atoms with van der Waals surface area (Å²) in [7, 11) is 0. The quantitative estimate of drug-likeness (QED) is 0.528. The molecule has 0 bridgehead atoms. The molecule has 2 aliphatic heterocycles. The molecule has 0 aliphatic carbocycles. The number of benzene rings is 1. The van der Waals surface area contributed by atoms with Gasteiger partial charge in [-0.15, -0.1) is 12.4 Å². The molecule has 8 heteroatoms. The highest BCUT2D eigenvalue weighted by atomic mass is 35.5. The van der Waals surface area contributed by atoms with Crippen LogP contribution in [0.1, 0.15) is 42.9 Å². The predicted octanol–water partition coefficient (Wildman–Crippen LogP) is 5.12. The van der Waals surface area contributed by atoms with Gasteiger partial charge >= 0.3 is 0 Å². The molecular weight excluding hydrogens is 447 g/mol. The highest BCUT2D eigenvalue weighted by Gasteiger charge is 2.24. The second-order valence-corrected chi connectivity index (χ2v) is 8.37. The number of ether oxygens (including phenoxy) is 2. The molecule has 2 aliphatic rings. The van der Waals surface area contributed by atoms with Crippen LogP contribution in [-0.4, -0.2) is 47.4 Å². The molecule has 2 saturated heterocycles. The van der Waals surface area contributed by atoms with Gasteiger partial charge in [-0.3, -0.25) is 4.98 Å². The fourth-order valence-electron chi connectivity index (χ4n) is 4.06. The lowest BCUT2D eigenvalue weighted by Gasteiger charge is -2.26. The van der Waals surface area contributed by atoms with Crippen LogP contribution in [0.3, 0.4) is 0 Å². The van der Waals surface area contributed by atoms with Crippen molar-refractivity contribution in [2.24, 2.45) is 0 Å². The summed E-state index contributed by atoms with van der Waals surface area (Å²) in [4.78, 5) is 13.1. The fourth-order valence-corrected chi connectivity index (χ4v) is 4.31. The first-order chi connectivity index (χ1) is 15.2. The number of para-hydroxylation sites is 1. The molecule has 32 heavy (non-hydrogen) atoms. The van der Waals surface area contributed by atoms with Crippen molar-refractivity contribution in [3.63, 3.8) is 0 Å². The number of nitrogens with one attached hydrogen (secondary N) is 1. The zero-order valence-corrected chi connectivity index (χ0v) is 19.9. The Morgan fingerprint density at radius 2 is 1.75 bits per heavy atom. The number of fused-ring (bicyclic) bond motifs is 1. The fraction of sp³-hybridized carbons (Fsp3) is 0.458. The predicted molar refractivity (Wildman–Crippen MR) is 130 cm³/mol. The molecule has 2 aromatic heterocycles. The van der Waals surface area contributed by atoms with E-state index in [4.69, 9.17) is 21.1 Å². The molecule has 172 valence electrons. The van der Waals surface area contributed by atoms with E-state index >= 15 is 0 Å². The third-order valence-corrected chi connectivity index (χ3v) is 5.95. The van der Waals surface area contributed by atoms with E-state index in [2.05, 4.69) is 20.3 Å². The van der Waals surface area contributed by atoms with Crippen LogP contribution in [-0.2, 0) is 4.74 Å². The minimum atomic E-state index is 0. The zero-order valence-electron chi connectivity index (χ0n) is 18.3. The van der Waals surface area contributed by atoms with Crippen LogP contribution in [0, 0.1) is 6.92 Å². The molecule has 0 radical (unpaired) electrons. The summed E-state index contributed by atoms with van der Waals surface area (Å²) in [6, 6.07) is 9.86. The molecule has 0 amide bonds. The highest BCUT2D eigenvalue weighted by molar-refractivity contribution is 6.29. The average molecular weight is 477 g/mol. The van der Waals surface area contributed by atoms with Gasteiger partial charge in [0, 0.05) is 36.9 Å². The Balaban J connectivity index is 0.000000193. The summed E-state index contributed by atoms with van der Waals surface area (Å²) in [5, 5.41) is 5.08. The van der Waals surface area contributed by atoms with Gasteiger partial charge in [-0.2, -0.15) is 0 Å². The van der Waals surface area contributed by atoms with Gasteiger partial charge in [0.1, 0.15) is 17.0 Å². The van der Waals surface area contributed by atoms with Crippen molar-refractivity contribution in [2.75, 3.05) is 26.3 Å². The standard InChI is InChI=1S/C14H21N3O2.C10H8ClN.ClH/c1-5-15-6-2-12(1)19-14-13(16-7-8-17-14)11-3-9-18-10-4-11;1-7-6-10(11)12-9-5-3-2-4-8(7)9;/h7-8,11-12,15H,1-6,9-10H2;2-6H,1H3;1H. The van der Waals surface area contributed by atoms with Crippen molar-refractivity contribution < 1.29 is 9.47 Å². The van der Waals surface area contributed by atoms with Gasteiger partial charge in [0.15, 0.2) is 0 Å². The van der Waals surface area contributed by atoms with Crippen LogP contribution < -0.4 is 10.1 Å². The summed E-state index contributed by atoms with van der Waals surface area (Å²) in [6.07, 6.45) is 7.88. The molecule has 0 saturated carbocycles. The van der Waals surface area contributed by atoms with Gasteiger partial charge in [0.25, 0.3) is 0 Å². The van der Waals surface area contributed by atoms with E-state index in [1.54, 1.807) is 12.4 Å². The van der Waals surface area contributed by atoms with E-state index in [-0.39, 0.29) is 18.5 Å². The third-order valence-electron chi connectivity index (χ3n) is 5.76.